The lowest BCUT2D eigenvalue weighted by molar-refractivity contribution is 0.0497. The molecule has 0 saturated carbocycles. The van der Waals surface area contributed by atoms with Gasteiger partial charge in [0, 0.05) is 12.1 Å². The van der Waals surface area contributed by atoms with Crippen molar-refractivity contribution < 1.29 is 13.9 Å². The highest BCUT2D eigenvalue weighted by atomic mass is 16.6. The first-order valence-electron chi connectivity index (χ1n) is 4.70. The van der Waals surface area contributed by atoms with Gasteiger partial charge in [0.05, 0.1) is 12.5 Å². The van der Waals surface area contributed by atoms with Gasteiger partial charge in [-0.3, -0.25) is 5.43 Å². The van der Waals surface area contributed by atoms with Gasteiger partial charge in [-0.2, -0.15) is 0 Å². The molecule has 1 amide bonds. The van der Waals surface area contributed by atoms with Crippen LogP contribution in [0, 0.1) is 0 Å². The van der Waals surface area contributed by atoms with E-state index >= 15 is 0 Å². The molecule has 0 unspecified atom stereocenters. The average Bonchev–Trinajstić information content (AvgIpc) is 2.53. The first-order valence-corrected chi connectivity index (χ1v) is 4.70. The Bertz CT molecular complexity index is 301. The van der Waals surface area contributed by atoms with Crippen LogP contribution >= 0.6 is 0 Å². The molecule has 0 fully saturated rings. The third-order valence-corrected chi connectivity index (χ3v) is 1.46. The van der Waals surface area contributed by atoms with Gasteiger partial charge in [0.1, 0.15) is 5.60 Å². The maximum atomic E-state index is 11.2. The molecule has 2 N–H and O–H groups in total. The zero-order valence-corrected chi connectivity index (χ0v) is 9.16. The minimum absolute atomic E-state index is 0.485. The van der Waals surface area contributed by atoms with Crippen LogP contribution in [0.2, 0.25) is 0 Å². The number of rotatable bonds is 3. The van der Waals surface area contributed by atoms with Crippen molar-refractivity contribution in [2.75, 3.05) is 0 Å². The van der Waals surface area contributed by atoms with Crippen LogP contribution in [0.4, 0.5) is 4.79 Å². The molecule has 1 aromatic heterocycles. The third kappa shape index (κ3) is 5.07. The van der Waals surface area contributed by atoms with E-state index in [2.05, 4.69) is 10.9 Å². The monoisotopic (exact) mass is 212 g/mol. The number of furan rings is 1. The Balaban J connectivity index is 2.18. The molecule has 84 valence electrons. The Morgan fingerprint density at radius 2 is 2.27 bits per heavy atom. The quantitative estimate of drug-likeness (QED) is 0.750. The van der Waals surface area contributed by atoms with E-state index in [0.717, 1.165) is 5.56 Å². The fraction of sp³-hybridized carbons (Fsp3) is 0.500. The first-order chi connectivity index (χ1) is 6.97. The standard InChI is InChI=1S/C10H16N2O3/c1-10(2,3)15-9(13)12-11-6-8-4-5-14-7-8/h4-5,7,11H,6H2,1-3H3,(H,12,13). The number of carbonyl (C=O) groups excluding carboxylic acids is 1. The fourth-order valence-electron chi connectivity index (χ4n) is 0.915. The predicted octanol–water partition coefficient (Wildman–Crippen LogP) is 1.81. The van der Waals surface area contributed by atoms with Gasteiger partial charge in [-0.1, -0.05) is 0 Å². The number of hydrogen-bond acceptors (Lipinski definition) is 4. The molecule has 0 aliphatic rings. The Kier molecular flexibility index (Phi) is 3.74. The number of carbonyl (C=O) groups is 1. The van der Waals surface area contributed by atoms with Crippen molar-refractivity contribution in [2.45, 2.75) is 32.9 Å². The molecular weight excluding hydrogens is 196 g/mol. The van der Waals surface area contributed by atoms with Gasteiger partial charge in [0.25, 0.3) is 0 Å². The Hall–Kier alpha value is -1.49. The SMILES string of the molecule is CC(C)(C)OC(=O)NNCc1ccoc1. The lowest BCUT2D eigenvalue weighted by atomic mass is 10.2. The molecule has 0 aliphatic carbocycles. The summed E-state index contributed by atoms with van der Waals surface area (Å²) < 4.78 is 9.89. The average molecular weight is 212 g/mol. The van der Waals surface area contributed by atoms with Crippen molar-refractivity contribution >= 4 is 6.09 Å². The van der Waals surface area contributed by atoms with Crippen molar-refractivity contribution in [2.24, 2.45) is 0 Å². The molecule has 5 nitrogen and oxygen atoms in total. The Labute approximate surface area is 88.8 Å². The molecule has 0 radical (unpaired) electrons. The van der Waals surface area contributed by atoms with E-state index in [9.17, 15) is 4.79 Å². The molecule has 5 heteroatoms. The van der Waals surface area contributed by atoms with E-state index in [1.54, 1.807) is 12.5 Å². The van der Waals surface area contributed by atoms with Gasteiger partial charge in [-0.05, 0) is 26.8 Å². The van der Waals surface area contributed by atoms with Crippen LogP contribution in [0.5, 0.6) is 0 Å². The normalized spacial score (nSPS) is 11.1. The summed E-state index contributed by atoms with van der Waals surface area (Å²) in [5.74, 6) is 0. The largest absolute Gasteiger partial charge is 0.472 e. The summed E-state index contributed by atoms with van der Waals surface area (Å²) in [5.41, 5.74) is 5.62. The van der Waals surface area contributed by atoms with E-state index in [1.807, 2.05) is 26.8 Å². The van der Waals surface area contributed by atoms with Gasteiger partial charge in [0.2, 0.25) is 0 Å². The lowest BCUT2D eigenvalue weighted by Gasteiger charge is -2.19. The Morgan fingerprint density at radius 1 is 1.53 bits per heavy atom. The van der Waals surface area contributed by atoms with Crippen molar-refractivity contribution in [3.05, 3.63) is 24.2 Å². The third-order valence-electron chi connectivity index (χ3n) is 1.46. The fourth-order valence-corrected chi connectivity index (χ4v) is 0.915. The predicted molar refractivity (Wildman–Crippen MR) is 54.9 cm³/mol. The summed E-state index contributed by atoms with van der Waals surface area (Å²) in [6.45, 7) is 5.92. The van der Waals surface area contributed by atoms with Crippen LogP contribution in [0.15, 0.2) is 23.0 Å². The zero-order chi connectivity index (χ0) is 11.3. The molecule has 0 aromatic carbocycles. The van der Waals surface area contributed by atoms with E-state index in [-0.39, 0.29) is 0 Å². The summed E-state index contributed by atoms with van der Waals surface area (Å²) in [6, 6.07) is 1.81. The minimum Gasteiger partial charge on any atom is -0.472 e. The van der Waals surface area contributed by atoms with Crippen LogP contribution in [0.3, 0.4) is 0 Å². The van der Waals surface area contributed by atoms with E-state index < -0.39 is 11.7 Å². The van der Waals surface area contributed by atoms with Crippen LogP contribution in [-0.4, -0.2) is 11.7 Å². The van der Waals surface area contributed by atoms with Gasteiger partial charge in [0.15, 0.2) is 0 Å². The molecular formula is C10H16N2O3. The molecule has 1 rings (SSSR count). The number of hydrogen-bond donors (Lipinski definition) is 2. The number of amides is 1. The molecule has 1 heterocycles. The highest BCUT2D eigenvalue weighted by molar-refractivity contribution is 5.66. The second-order valence-electron chi connectivity index (χ2n) is 4.11. The second-order valence-corrected chi connectivity index (χ2v) is 4.11. The van der Waals surface area contributed by atoms with Gasteiger partial charge in [-0.15, -0.1) is 0 Å². The molecule has 0 atom stereocenters. The zero-order valence-electron chi connectivity index (χ0n) is 9.16. The van der Waals surface area contributed by atoms with E-state index in [1.165, 1.54) is 0 Å². The van der Waals surface area contributed by atoms with Gasteiger partial charge >= 0.3 is 6.09 Å². The maximum Gasteiger partial charge on any atom is 0.422 e. The summed E-state index contributed by atoms with van der Waals surface area (Å²) in [6.07, 6.45) is 2.68. The highest BCUT2D eigenvalue weighted by Gasteiger charge is 2.15. The topological polar surface area (TPSA) is 63.5 Å². The van der Waals surface area contributed by atoms with Crippen LogP contribution in [0.1, 0.15) is 26.3 Å². The van der Waals surface area contributed by atoms with Crippen molar-refractivity contribution in [3.8, 4) is 0 Å². The van der Waals surface area contributed by atoms with Crippen LogP contribution in [-0.2, 0) is 11.3 Å². The van der Waals surface area contributed by atoms with Crippen molar-refractivity contribution in [1.82, 2.24) is 10.9 Å². The molecule has 0 spiro atoms. The summed E-state index contributed by atoms with van der Waals surface area (Å²) >= 11 is 0. The van der Waals surface area contributed by atoms with E-state index in [4.69, 9.17) is 9.15 Å². The van der Waals surface area contributed by atoms with Crippen molar-refractivity contribution in [3.63, 3.8) is 0 Å². The number of nitrogens with one attached hydrogen (secondary N) is 2. The number of ether oxygens (including phenoxy) is 1. The summed E-state index contributed by atoms with van der Waals surface area (Å²) in [5, 5.41) is 0. The molecule has 1 aromatic rings. The van der Waals surface area contributed by atoms with Gasteiger partial charge in [-0.25, -0.2) is 10.2 Å². The van der Waals surface area contributed by atoms with Crippen molar-refractivity contribution in [1.29, 1.82) is 0 Å². The van der Waals surface area contributed by atoms with Crippen LogP contribution < -0.4 is 10.9 Å². The van der Waals surface area contributed by atoms with E-state index in [0.29, 0.717) is 6.54 Å². The minimum atomic E-state index is -0.494. The maximum absolute atomic E-state index is 11.2. The highest BCUT2D eigenvalue weighted by Crippen LogP contribution is 2.06. The van der Waals surface area contributed by atoms with Gasteiger partial charge < -0.3 is 9.15 Å². The molecule has 15 heavy (non-hydrogen) atoms. The Morgan fingerprint density at radius 3 is 2.80 bits per heavy atom. The summed E-state index contributed by atoms with van der Waals surface area (Å²) in [4.78, 5) is 11.2. The molecule has 0 saturated heterocycles. The molecule has 0 bridgehead atoms. The second kappa shape index (κ2) is 4.84. The molecule has 0 aliphatic heterocycles. The van der Waals surface area contributed by atoms with Crippen LogP contribution in [0.25, 0.3) is 0 Å². The summed E-state index contributed by atoms with van der Waals surface area (Å²) in [7, 11) is 0. The lowest BCUT2D eigenvalue weighted by Crippen LogP contribution is -2.40. The first kappa shape index (κ1) is 11.6. The number of hydrazine groups is 1. The smallest absolute Gasteiger partial charge is 0.422 e.